The van der Waals surface area contributed by atoms with Gasteiger partial charge in [-0.3, -0.25) is 9.10 Å². The van der Waals surface area contributed by atoms with E-state index < -0.39 is 42.5 Å². The van der Waals surface area contributed by atoms with Gasteiger partial charge in [-0.1, -0.05) is 0 Å². The van der Waals surface area contributed by atoms with Crippen LogP contribution in [0.4, 0.5) is 11.4 Å². The van der Waals surface area contributed by atoms with Crippen LogP contribution in [0.5, 0.6) is 0 Å². The third-order valence-electron chi connectivity index (χ3n) is 6.17. The van der Waals surface area contributed by atoms with Gasteiger partial charge in [-0.15, -0.1) is 0 Å². The lowest BCUT2D eigenvalue weighted by atomic mass is 10.3. The molecule has 4 rings (SSSR count). The van der Waals surface area contributed by atoms with Crippen molar-refractivity contribution in [3.8, 4) is 0 Å². The lowest BCUT2D eigenvalue weighted by Gasteiger charge is -2.26. The smallest absolute Gasteiger partial charge is 0.245 e. The van der Waals surface area contributed by atoms with E-state index in [1.54, 1.807) is 0 Å². The van der Waals surface area contributed by atoms with Crippen molar-refractivity contribution in [2.75, 3.05) is 75.0 Å². The van der Waals surface area contributed by atoms with Crippen molar-refractivity contribution in [1.29, 1.82) is 0 Å². The third kappa shape index (κ3) is 6.95. The first-order valence-electron chi connectivity index (χ1n) is 12.0. The van der Waals surface area contributed by atoms with Gasteiger partial charge in [0, 0.05) is 31.9 Å². The summed E-state index contributed by atoms with van der Waals surface area (Å²) >= 11 is 0. The van der Waals surface area contributed by atoms with Gasteiger partial charge in [0.25, 0.3) is 0 Å². The molecule has 0 bridgehead atoms. The standard InChI is InChI=1S/C23H30N4O9S3/c1-37(29,30)27(20-4-8-22(9-5-20)39(33,34)26-12-16-36-17-13-26)18-23(28)24-19-2-6-21(7-3-19)38(31,32)25-10-14-35-15-11-25/h2-9H,10-18H2,1H3,(H,24,28). The predicted molar refractivity (Wildman–Crippen MR) is 143 cm³/mol. The van der Waals surface area contributed by atoms with Crippen molar-refractivity contribution in [3.63, 3.8) is 0 Å². The van der Waals surface area contributed by atoms with E-state index in [1.165, 1.54) is 57.1 Å². The van der Waals surface area contributed by atoms with Gasteiger partial charge in [0.2, 0.25) is 36.0 Å². The van der Waals surface area contributed by atoms with Gasteiger partial charge >= 0.3 is 0 Å². The van der Waals surface area contributed by atoms with Crippen LogP contribution in [0.15, 0.2) is 58.3 Å². The van der Waals surface area contributed by atoms with Crippen molar-refractivity contribution in [1.82, 2.24) is 8.61 Å². The molecule has 2 aliphatic rings. The van der Waals surface area contributed by atoms with Crippen molar-refractivity contribution in [3.05, 3.63) is 48.5 Å². The average molecular weight is 603 g/mol. The highest BCUT2D eigenvalue weighted by atomic mass is 32.2. The maximum Gasteiger partial charge on any atom is 0.245 e. The second kappa shape index (κ2) is 11.9. The fraction of sp³-hybridized carbons (Fsp3) is 0.435. The Hall–Kier alpha value is -2.60. The Balaban J connectivity index is 1.44. The van der Waals surface area contributed by atoms with Gasteiger partial charge in [-0.05, 0) is 48.5 Å². The molecule has 2 aliphatic heterocycles. The van der Waals surface area contributed by atoms with E-state index in [4.69, 9.17) is 9.47 Å². The number of anilines is 2. The summed E-state index contributed by atoms with van der Waals surface area (Å²) in [6.07, 6.45) is 0.934. The number of amides is 1. The molecular weight excluding hydrogens is 572 g/mol. The lowest BCUT2D eigenvalue weighted by Crippen LogP contribution is -2.40. The maximum absolute atomic E-state index is 12.9. The Kier molecular flexibility index (Phi) is 8.95. The number of sulfonamides is 3. The summed E-state index contributed by atoms with van der Waals surface area (Å²) in [4.78, 5) is 12.8. The SMILES string of the molecule is CS(=O)(=O)N(CC(=O)Nc1ccc(S(=O)(=O)N2CCOCC2)cc1)c1ccc(S(=O)(=O)N2CCOCC2)cc1. The fourth-order valence-corrected chi connectivity index (χ4v) is 7.77. The molecule has 2 saturated heterocycles. The molecule has 0 aliphatic carbocycles. The summed E-state index contributed by atoms with van der Waals surface area (Å²) in [5.74, 6) is -0.672. The minimum Gasteiger partial charge on any atom is -0.379 e. The van der Waals surface area contributed by atoms with Crippen LogP contribution in [-0.2, 0) is 44.3 Å². The summed E-state index contributed by atoms with van der Waals surface area (Å²) < 4.78 is 90.1. The highest BCUT2D eigenvalue weighted by Crippen LogP contribution is 2.24. The van der Waals surface area contributed by atoms with Crippen LogP contribution in [0.1, 0.15) is 0 Å². The molecular formula is C23H30N4O9S3. The number of carbonyl (C=O) groups excluding carboxylic acids is 1. The number of nitrogens with zero attached hydrogens (tertiary/aromatic N) is 3. The van der Waals surface area contributed by atoms with Crippen molar-refractivity contribution in [2.45, 2.75) is 9.79 Å². The molecule has 2 heterocycles. The van der Waals surface area contributed by atoms with Gasteiger partial charge in [0.05, 0.1) is 48.2 Å². The third-order valence-corrected chi connectivity index (χ3v) is 11.1. The summed E-state index contributed by atoms with van der Waals surface area (Å²) in [5, 5.41) is 2.56. The summed E-state index contributed by atoms with van der Waals surface area (Å²) in [6.45, 7) is 1.58. The zero-order valence-electron chi connectivity index (χ0n) is 21.2. The summed E-state index contributed by atoms with van der Waals surface area (Å²) in [5.41, 5.74) is 0.391. The Bertz CT molecular complexity index is 1480. The largest absolute Gasteiger partial charge is 0.379 e. The molecule has 1 amide bonds. The summed E-state index contributed by atoms with van der Waals surface area (Å²) in [6, 6.07) is 10.8. The van der Waals surface area contributed by atoms with E-state index >= 15 is 0 Å². The van der Waals surface area contributed by atoms with E-state index in [0.29, 0.717) is 26.4 Å². The quantitative estimate of drug-likeness (QED) is 0.421. The number of hydrogen-bond donors (Lipinski definition) is 1. The number of ether oxygens (including phenoxy) is 2. The molecule has 0 radical (unpaired) electrons. The minimum atomic E-state index is -3.91. The van der Waals surface area contributed by atoms with Crippen molar-refractivity contribution < 1.29 is 39.5 Å². The number of nitrogens with one attached hydrogen (secondary N) is 1. The molecule has 2 aromatic rings. The van der Waals surface area contributed by atoms with E-state index in [2.05, 4.69) is 5.32 Å². The van der Waals surface area contributed by atoms with Gasteiger partial charge in [-0.25, -0.2) is 25.3 Å². The van der Waals surface area contributed by atoms with Crippen LogP contribution in [0.25, 0.3) is 0 Å². The van der Waals surface area contributed by atoms with Crippen LogP contribution in [-0.4, -0.2) is 105 Å². The molecule has 13 nitrogen and oxygen atoms in total. The number of hydrogen-bond acceptors (Lipinski definition) is 9. The average Bonchev–Trinajstić information content (AvgIpc) is 2.92. The molecule has 39 heavy (non-hydrogen) atoms. The molecule has 2 fully saturated rings. The molecule has 16 heteroatoms. The Morgan fingerprint density at radius 2 is 1.15 bits per heavy atom. The minimum absolute atomic E-state index is 0.00169. The monoisotopic (exact) mass is 602 g/mol. The van der Waals surface area contributed by atoms with Crippen molar-refractivity contribution >= 4 is 47.4 Å². The second-order valence-electron chi connectivity index (χ2n) is 8.87. The van der Waals surface area contributed by atoms with Gasteiger partial charge in [0.15, 0.2) is 0 Å². The van der Waals surface area contributed by atoms with E-state index in [1.807, 2.05) is 0 Å². The number of morpholine rings is 2. The first-order chi connectivity index (χ1) is 18.4. The van der Waals surface area contributed by atoms with Crippen LogP contribution in [0.2, 0.25) is 0 Å². The fourth-order valence-electron chi connectivity index (χ4n) is 4.10. The number of carbonyl (C=O) groups is 1. The molecule has 214 valence electrons. The van der Waals surface area contributed by atoms with Gasteiger partial charge in [-0.2, -0.15) is 8.61 Å². The molecule has 1 N–H and O–H groups in total. The lowest BCUT2D eigenvalue weighted by molar-refractivity contribution is -0.114. The van der Waals surface area contributed by atoms with E-state index in [9.17, 15) is 30.0 Å². The Labute approximate surface area is 228 Å². The van der Waals surface area contributed by atoms with Crippen LogP contribution >= 0.6 is 0 Å². The van der Waals surface area contributed by atoms with Crippen LogP contribution < -0.4 is 9.62 Å². The zero-order chi connectivity index (χ0) is 28.3. The molecule has 0 saturated carbocycles. The van der Waals surface area contributed by atoms with Crippen molar-refractivity contribution in [2.24, 2.45) is 0 Å². The molecule has 0 spiro atoms. The Morgan fingerprint density at radius 1 is 0.744 bits per heavy atom. The zero-order valence-corrected chi connectivity index (χ0v) is 23.7. The first kappa shape index (κ1) is 29.4. The van der Waals surface area contributed by atoms with Gasteiger partial charge < -0.3 is 14.8 Å². The van der Waals surface area contributed by atoms with Crippen LogP contribution in [0, 0.1) is 0 Å². The molecule has 0 atom stereocenters. The van der Waals surface area contributed by atoms with Crippen LogP contribution in [0.3, 0.4) is 0 Å². The predicted octanol–water partition coefficient (Wildman–Crippen LogP) is 0.133. The second-order valence-corrected chi connectivity index (χ2v) is 14.7. The number of rotatable bonds is 9. The first-order valence-corrected chi connectivity index (χ1v) is 16.8. The normalized spacial score (nSPS) is 18.0. The topological polar surface area (TPSA) is 160 Å². The highest BCUT2D eigenvalue weighted by Gasteiger charge is 2.28. The van der Waals surface area contributed by atoms with E-state index in [-0.39, 0.29) is 47.3 Å². The maximum atomic E-state index is 12.9. The molecule has 0 aromatic heterocycles. The summed E-state index contributed by atoms with van der Waals surface area (Å²) in [7, 11) is -11.4. The van der Waals surface area contributed by atoms with Gasteiger partial charge in [0.1, 0.15) is 6.54 Å². The number of benzene rings is 2. The highest BCUT2D eigenvalue weighted by molar-refractivity contribution is 7.92. The molecule has 0 unspecified atom stereocenters. The van der Waals surface area contributed by atoms with E-state index in [0.717, 1.165) is 10.6 Å². The Morgan fingerprint density at radius 3 is 1.56 bits per heavy atom. The molecule has 2 aromatic carbocycles.